The summed E-state index contributed by atoms with van der Waals surface area (Å²) in [4.78, 5) is 36.2. The quantitative estimate of drug-likeness (QED) is 0.712. The Kier molecular flexibility index (Phi) is 6.94. The number of carboxylic acid groups (broad SMARTS) is 1. The monoisotopic (exact) mass is 309 g/mol. The van der Waals surface area contributed by atoms with Gasteiger partial charge in [0.25, 0.3) is 0 Å². The number of rotatable bonds is 8. The number of benzene rings is 1. The molecule has 1 aromatic rings. The van der Waals surface area contributed by atoms with E-state index in [4.69, 9.17) is 5.11 Å². The van der Waals surface area contributed by atoms with Crippen molar-refractivity contribution < 1.29 is 19.5 Å². The van der Waals surface area contributed by atoms with Crippen LogP contribution in [0.2, 0.25) is 0 Å². The minimum Gasteiger partial charge on any atom is -0.480 e. The van der Waals surface area contributed by atoms with Crippen molar-refractivity contribution in [1.82, 2.24) is 4.90 Å². The van der Waals surface area contributed by atoms with Crippen LogP contribution in [0, 0.1) is 0 Å². The Morgan fingerprint density at radius 3 is 2.33 bits per heavy atom. The predicted molar refractivity (Wildman–Crippen MR) is 82.4 cm³/mol. The van der Waals surface area contributed by atoms with Gasteiger partial charge in [-0.25, -0.2) is 4.79 Å². The fourth-order valence-corrected chi connectivity index (χ4v) is 2.31. The smallest absolute Gasteiger partial charge is 0.327 e. The lowest BCUT2D eigenvalue weighted by atomic mass is 10.1. The highest BCUT2D eigenvalue weighted by Gasteiger charge is 2.29. The molecule has 0 heterocycles. The normalized spacial score (nSPS) is 11.7. The molecular formula is C15H19NO4S. The van der Waals surface area contributed by atoms with Crippen LogP contribution >= 0.6 is 12.6 Å². The van der Waals surface area contributed by atoms with Gasteiger partial charge < -0.3 is 10.0 Å². The van der Waals surface area contributed by atoms with Gasteiger partial charge in [-0.2, -0.15) is 12.6 Å². The van der Waals surface area contributed by atoms with Gasteiger partial charge in [-0.05, 0) is 5.56 Å². The predicted octanol–water partition coefficient (Wildman–Crippen LogP) is 1.42. The molecule has 1 amide bonds. The highest BCUT2D eigenvalue weighted by atomic mass is 32.1. The number of carbonyl (C=O) groups is 3. The summed E-state index contributed by atoms with van der Waals surface area (Å²) >= 11 is 3.96. The van der Waals surface area contributed by atoms with Crippen molar-refractivity contribution in [2.24, 2.45) is 0 Å². The molecule has 1 N–H and O–H groups in total. The van der Waals surface area contributed by atoms with Gasteiger partial charge in [-0.3, -0.25) is 9.59 Å². The molecule has 0 aliphatic rings. The van der Waals surface area contributed by atoms with Crippen LogP contribution in [0.4, 0.5) is 0 Å². The van der Waals surface area contributed by atoms with Gasteiger partial charge in [0.15, 0.2) is 5.78 Å². The maximum Gasteiger partial charge on any atom is 0.327 e. The summed E-state index contributed by atoms with van der Waals surface area (Å²) in [5, 5.41) is 9.14. The number of nitrogens with zero attached hydrogens (tertiary/aromatic N) is 1. The van der Waals surface area contributed by atoms with Gasteiger partial charge in [0, 0.05) is 18.6 Å². The molecule has 0 aliphatic heterocycles. The Morgan fingerprint density at radius 2 is 1.86 bits per heavy atom. The molecule has 5 nitrogen and oxygen atoms in total. The van der Waals surface area contributed by atoms with E-state index in [1.807, 2.05) is 30.3 Å². The molecule has 1 aromatic carbocycles. The van der Waals surface area contributed by atoms with Gasteiger partial charge >= 0.3 is 5.97 Å². The van der Waals surface area contributed by atoms with Gasteiger partial charge in [0.2, 0.25) is 5.91 Å². The van der Waals surface area contributed by atoms with E-state index in [-0.39, 0.29) is 36.8 Å². The van der Waals surface area contributed by atoms with E-state index in [0.717, 1.165) is 10.5 Å². The summed E-state index contributed by atoms with van der Waals surface area (Å²) in [6.45, 7) is 1.42. The van der Waals surface area contributed by atoms with Crippen molar-refractivity contribution in [2.45, 2.75) is 25.8 Å². The number of carbonyl (C=O) groups excluding carboxylic acids is 2. The largest absolute Gasteiger partial charge is 0.480 e. The third-order valence-corrected chi connectivity index (χ3v) is 3.39. The first kappa shape index (κ1) is 17.2. The molecule has 114 valence electrons. The van der Waals surface area contributed by atoms with Gasteiger partial charge in [-0.1, -0.05) is 37.3 Å². The number of carboxylic acids is 1. The van der Waals surface area contributed by atoms with Crippen molar-refractivity contribution in [3.05, 3.63) is 35.9 Å². The van der Waals surface area contributed by atoms with Crippen molar-refractivity contribution in [1.29, 1.82) is 0 Å². The van der Waals surface area contributed by atoms with E-state index in [1.165, 1.54) is 0 Å². The number of thiol groups is 1. The van der Waals surface area contributed by atoms with Crippen LogP contribution in [0.3, 0.4) is 0 Å². The van der Waals surface area contributed by atoms with Crippen LogP contribution in [0.15, 0.2) is 30.3 Å². The minimum absolute atomic E-state index is 0.0281. The van der Waals surface area contributed by atoms with Gasteiger partial charge in [0.05, 0.1) is 6.54 Å². The van der Waals surface area contributed by atoms with E-state index >= 15 is 0 Å². The highest BCUT2D eigenvalue weighted by molar-refractivity contribution is 7.80. The first-order valence-electron chi connectivity index (χ1n) is 6.68. The van der Waals surface area contributed by atoms with Crippen molar-refractivity contribution in [3.8, 4) is 0 Å². The number of hydrogen-bond donors (Lipinski definition) is 2. The molecule has 0 aliphatic carbocycles. The highest BCUT2D eigenvalue weighted by Crippen LogP contribution is 2.08. The van der Waals surface area contributed by atoms with Crippen molar-refractivity contribution >= 4 is 30.3 Å². The summed E-state index contributed by atoms with van der Waals surface area (Å²) in [6.07, 6.45) is 0.323. The third kappa shape index (κ3) is 5.23. The van der Waals surface area contributed by atoms with Crippen LogP contribution < -0.4 is 0 Å². The number of aliphatic carboxylic acids is 1. The van der Waals surface area contributed by atoms with Crippen LogP contribution in [0.25, 0.3) is 0 Å². The summed E-state index contributed by atoms with van der Waals surface area (Å²) in [6, 6.07) is 8.05. The zero-order valence-corrected chi connectivity index (χ0v) is 12.8. The number of Topliss-reactive ketones (excluding diaryl/α,β-unsaturated/α-hetero) is 1. The molecule has 1 rings (SSSR count). The van der Waals surface area contributed by atoms with Crippen molar-refractivity contribution in [3.63, 3.8) is 0 Å². The molecule has 0 bridgehead atoms. The molecule has 0 unspecified atom stereocenters. The lowest BCUT2D eigenvalue weighted by Crippen LogP contribution is -2.48. The molecule has 0 radical (unpaired) electrons. The van der Waals surface area contributed by atoms with E-state index < -0.39 is 12.0 Å². The second-order valence-electron chi connectivity index (χ2n) is 4.61. The Morgan fingerprint density at radius 1 is 1.24 bits per heavy atom. The zero-order valence-electron chi connectivity index (χ0n) is 11.9. The van der Waals surface area contributed by atoms with Gasteiger partial charge in [-0.15, -0.1) is 0 Å². The summed E-state index contributed by atoms with van der Waals surface area (Å²) in [7, 11) is 0. The SMILES string of the molecule is CCC(=O)N(CC(=O)Cc1ccccc1)[C@H](CS)C(=O)O. The first-order valence-corrected chi connectivity index (χ1v) is 7.31. The molecule has 0 fully saturated rings. The third-order valence-electron chi connectivity index (χ3n) is 3.05. The Balaban J connectivity index is 2.79. The van der Waals surface area contributed by atoms with E-state index in [1.54, 1.807) is 6.92 Å². The van der Waals surface area contributed by atoms with Gasteiger partial charge in [0.1, 0.15) is 6.04 Å². The first-order chi connectivity index (χ1) is 9.99. The number of hydrogen-bond acceptors (Lipinski definition) is 4. The Hall–Kier alpha value is -1.82. The van der Waals surface area contributed by atoms with Crippen LogP contribution in [0.5, 0.6) is 0 Å². The van der Waals surface area contributed by atoms with E-state index in [0.29, 0.717) is 0 Å². The average molecular weight is 309 g/mol. The number of amides is 1. The minimum atomic E-state index is -1.15. The summed E-state index contributed by atoms with van der Waals surface area (Å²) in [5.41, 5.74) is 0.837. The lowest BCUT2D eigenvalue weighted by Gasteiger charge is -2.27. The topological polar surface area (TPSA) is 74.7 Å². The average Bonchev–Trinajstić information content (AvgIpc) is 2.46. The summed E-state index contributed by atoms with van der Waals surface area (Å²) in [5.74, 6) is -1.74. The van der Waals surface area contributed by atoms with Crippen LogP contribution in [-0.4, -0.2) is 46.0 Å². The zero-order chi connectivity index (χ0) is 15.8. The maximum absolute atomic E-state index is 12.1. The second-order valence-corrected chi connectivity index (χ2v) is 4.98. The second kappa shape index (κ2) is 8.46. The standard InChI is InChI=1S/C15H19NO4S/c1-2-14(18)16(13(10-21)15(19)20)9-12(17)8-11-6-4-3-5-7-11/h3-7,13,21H,2,8-10H2,1H3,(H,19,20)/t13-/m1/s1. The fraction of sp³-hybridized carbons (Fsp3) is 0.400. The molecule has 21 heavy (non-hydrogen) atoms. The Labute approximate surface area is 129 Å². The number of ketones is 1. The molecule has 0 saturated heterocycles. The molecule has 1 atom stereocenters. The molecule has 0 saturated carbocycles. The molecule has 0 spiro atoms. The Bertz CT molecular complexity index is 504. The fourth-order valence-electron chi connectivity index (χ4n) is 1.95. The van der Waals surface area contributed by atoms with E-state index in [9.17, 15) is 14.4 Å². The summed E-state index contributed by atoms with van der Waals surface area (Å²) < 4.78 is 0. The van der Waals surface area contributed by atoms with Crippen LogP contribution in [0.1, 0.15) is 18.9 Å². The van der Waals surface area contributed by atoms with Crippen LogP contribution in [-0.2, 0) is 20.8 Å². The molecule has 0 aromatic heterocycles. The maximum atomic E-state index is 12.1. The van der Waals surface area contributed by atoms with Crippen molar-refractivity contribution in [2.75, 3.05) is 12.3 Å². The molecular weight excluding hydrogens is 290 g/mol. The lowest BCUT2D eigenvalue weighted by molar-refractivity contribution is -0.150. The van der Waals surface area contributed by atoms with E-state index in [2.05, 4.69) is 12.6 Å². The molecule has 6 heteroatoms.